The average Bonchev–Trinajstić information content (AvgIpc) is 3.39. The normalized spacial score (nSPS) is 12.3. The summed E-state index contributed by atoms with van der Waals surface area (Å²) in [7, 11) is 0. The number of amides is 1. The van der Waals surface area contributed by atoms with Crippen LogP contribution in [-0.4, -0.2) is 38.3 Å². The van der Waals surface area contributed by atoms with E-state index >= 15 is 0 Å². The minimum absolute atomic E-state index is 0.113. The fourth-order valence-corrected chi connectivity index (χ4v) is 3.79. The van der Waals surface area contributed by atoms with Crippen LogP contribution in [0.25, 0.3) is 16.9 Å². The standard InChI is InChI=1S/C21H17N5O3S/c1-13-4-2-3-5-15(13)22-20(27)11-30-21-24-23-19-9-7-16(25-26(19)21)14-6-8-17-18(10-14)29-12-28-17/h2-10H,11-12H2,1H3,(H,22,27). The van der Waals surface area contributed by atoms with Gasteiger partial charge in [-0.05, 0) is 48.9 Å². The molecule has 150 valence electrons. The lowest BCUT2D eigenvalue weighted by Crippen LogP contribution is -2.15. The molecule has 0 bridgehead atoms. The largest absolute Gasteiger partial charge is 0.454 e. The monoisotopic (exact) mass is 419 g/mol. The molecule has 1 N–H and O–H groups in total. The smallest absolute Gasteiger partial charge is 0.234 e. The average molecular weight is 419 g/mol. The van der Waals surface area contributed by atoms with Crippen LogP contribution in [0.5, 0.6) is 11.5 Å². The summed E-state index contributed by atoms with van der Waals surface area (Å²) in [4.78, 5) is 12.4. The zero-order valence-electron chi connectivity index (χ0n) is 16.0. The van der Waals surface area contributed by atoms with E-state index in [1.165, 1.54) is 11.8 Å². The molecule has 1 aliphatic rings. The van der Waals surface area contributed by atoms with Crippen molar-refractivity contribution in [3.63, 3.8) is 0 Å². The lowest BCUT2D eigenvalue weighted by molar-refractivity contribution is -0.113. The van der Waals surface area contributed by atoms with Crippen LogP contribution < -0.4 is 14.8 Å². The Balaban J connectivity index is 1.34. The van der Waals surface area contributed by atoms with Crippen LogP contribution in [0.2, 0.25) is 0 Å². The topological polar surface area (TPSA) is 90.6 Å². The van der Waals surface area contributed by atoms with E-state index in [9.17, 15) is 4.79 Å². The van der Waals surface area contributed by atoms with Gasteiger partial charge in [-0.3, -0.25) is 4.79 Å². The molecule has 0 aliphatic carbocycles. The van der Waals surface area contributed by atoms with Crippen LogP contribution in [0.15, 0.2) is 59.8 Å². The zero-order chi connectivity index (χ0) is 20.5. The van der Waals surface area contributed by atoms with Gasteiger partial charge in [-0.1, -0.05) is 30.0 Å². The SMILES string of the molecule is Cc1ccccc1NC(=O)CSc1nnc2ccc(-c3ccc4c(c3)OCO4)nn12. The number of nitrogens with one attached hydrogen (secondary N) is 1. The van der Waals surface area contributed by atoms with Crippen molar-refractivity contribution < 1.29 is 14.3 Å². The molecule has 30 heavy (non-hydrogen) atoms. The van der Waals surface area contributed by atoms with Gasteiger partial charge in [0.2, 0.25) is 17.9 Å². The third kappa shape index (κ3) is 3.55. The molecule has 0 saturated carbocycles. The maximum atomic E-state index is 12.4. The van der Waals surface area contributed by atoms with Gasteiger partial charge < -0.3 is 14.8 Å². The number of thioether (sulfide) groups is 1. The van der Waals surface area contributed by atoms with Gasteiger partial charge in [0.05, 0.1) is 11.4 Å². The van der Waals surface area contributed by atoms with Gasteiger partial charge in [-0.15, -0.1) is 10.2 Å². The number of fused-ring (bicyclic) bond motifs is 2. The van der Waals surface area contributed by atoms with Gasteiger partial charge in [-0.2, -0.15) is 9.61 Å². The van der Waals surface area contributed by atoms with Crippen LogP contribution in [-0.2, 0) is 4.79 Å². The molecule has 3 heterocycles. The number of para-hydroxylation sites is 1. The van der Waals surface area contributed by atoms with E-state index in [-0.39, 0.29) is 18.5 Å². The first-order chi connectivity index (χ1) is 14.7. The Labute approximate surface area is 176 Å². The maximum Gasteiger partial charge on any atom is 0.234 e. The minimum Gasteiger partial charge on any atom is -0.454 e. The van der Waals surface area contributed by atoms with Crippen molar-refractivity contribution in [3.05, 3.63) is 60.2 Å². The Kier molecular flexibility index (Phi) is 4.72. The summed E-state index contributed by atoms with van der Waals surface area (Å²) in [5, 5.41) is 16.4. The molecule has 1 amide bonds. The summed E-state index contributed by atoms with van der Waals surface area (Å²) >= 11 is 1.28. The predicted molar refractivity (Wildman–Crippen MR) is 113 cm³/mol. The van der Waals surface area contributed by atoms with E-state index in [2.05, 4.69) is 20.6 Å². The Hall–Kier alpha value is -3.59. The second-order valence-corrected chi connectivity index (χ2v) is 7.63. The van der Waals surface area contributed by atoms with E-state index < -0.39 is 0 Å². The van der Waals surface area contributed by atoms with Crippen LogP contribution in [0, 0.1) is 6.92 Å². The second kappa shape index (κ2) is 7.68. The molecule has 5 rings (SSSR count). The van der Waals surface area contributed by atoms with E-state index in [1.807, 2.05) is 61.5 Å². The van der Waals surface area contributed by atoms with Crippen molar-refractivity contribution in [2.75, 3.05) is 17.9 Å². The Morgan fingerprint density at radius 3 is 2.87 bits per heavy atom. The maximum absolute atomic E-state index is 12.4. The van der Waals surface area contributed by atoms with Gasteiger partial charge in [-0.25, -0.2) is 0 Å². The molecule has 1 aliphatic heterocycles. The number of hydrogen-bond donors (Lipinski definition) is 1. The third-order valence-electron chi connectivity index (χ3n) is 4.65. The summed E-state index contributed by atoms with van der Waals surface area (Å²) in [5.41, 5.74) is 4.06. The highest BCUT2D eigenvalue weighted by molar-refractivity contribution is 7.99. The van der Waals surface area contributed by atoms with Gasteiger partial charge >= 0.3 is 0 Å². The lowest BCUT2D eigenvalue weighted by atomic mass is 10.1. The number of carbonyl (C=O) groups is 1. The molecule has 0 atom stereocenters. The number of hydrogen-bond acceptors (Lipinski definition) is 7. The molecule has 2 aromatic carbocycles. The molecule has 9 heteroatoms. The molecule has 0 saturated heterocycles. The van der Waals surface area contributed by atoms with E-state index in [1.54, 1.807) is 4.52 Å². The Bertz CT molecular complexity index is 1260. The minimum atomic E-state index is -0.113. The van der Waals surface area contributed by atoms with Crippen LogP contribution in [0.3, 0.4) is 0 Å². The number of benzene rings is 2. The molecule has 4 aromatic rings. The highest BCUT2D eigenvalue weighted by atomic mass is 32.2. The number of ether oxygens (including phenoxy) is 2. The molecular weight excluding hydrogens is 402 g/mol. The van der Waals surface area contributed by atoms with Crippen molar-refractivity contribution in [3.8, 4) is 22.8 Å². The molecule has 0 spiro atoms. The number of anilines is 1. The predicted octanol–water partition coefficient (Wildman–Crippen LogP) is 3.56. The van der Waals surface area contributed by atoms with Crippen molar-refractivity contribution in [1.29, 1.82) is 0 Å². The van der Waals surface area contributed by atoms with Gasteiger partial charge in [0.1, 0.15) is 0 Å². The highest BCUT2D eigenvalue weighted by Gasteiger charge is 2.16. The fourth-order valence-electron chi connectivity index (χ4n) is 3.10. The molecule has 0 fully saturated rings. The van der Waals surface area contributed by atoms with Crippen molar-refractivity contribution in [2.24, 2.45) is 0 Å². The second-order valence-electron chi connectivity index (χ2n) is 6.69. The van der Waals surface area contributed by atoms with Crippen molar-refractivity contribution in [1.82, 2.24) is 19.8 Å². The highest BCUT2D eigenvalue weighted by Crippen LogP contribution is 2.35. The summed E-state index contributed by atoms with van der Waals surface area (Å²) in [6.45, 7) is 2.18. The van der Waals surface area contributed by atoms with Gasteiger partial charge in [0, 0.05) is 11.3 Å². The van der Waals surface area contributed by atoms with E-state index in [0.29, 0.717) is 16.6 Å². The zero-order valence-corrected chi connectivity index (χ0v) is 16.8. The number of rotatable bonds is 5. The first-order valence-corrected chi connectivity index (χ1v) is 10.3. The van der Waals surface area contributed by atoms with Crippen molar-refractivity contribution >= 4 is 29.0 Å². The third-order valence-corrected chi connectivity index (χ3v) is 5.57. The Morgan fingerprint density at radius 1 is 1.10 bits per heavy atom. The van der Waals surface area contributed by atoms with Crippen LogP contribution >= 0.6 is 11.8 Å². The molecule has 8 nitrogen and oxygen atoms in total. The number of nitrogens with zero attached hydrogens (tertiary/aromatic N) is 4. The number of aromatic nitrogens is 4. The summed E-state index contributed by atoms with van der Waals surface area (Å²) in [6.07, 6.45) is 0. The first-order valence-electron chi connectivity index (χ1n) is 9.28. The van der Waals surface area contributed by atoms with Crippen LogP contribution in [0.1, 0.15) is 5.56 Å². The van der Waals surface area contributed by atoms with Crippen LogP contribution in [0.4, 0.5) is 5.69 Å². The molecule has 0 unspecified atom stereocenters. The number of carbonyl (C=O) groups excluding carboxylic acids is 1. The summed E-state index contributed by atoms with van der Waals surface area (Å²) in [5.74, 6) is 1.50. The first kappa shape index (κ1) is 18.4. The fraction of sp³-hybridized carbons (Fsp3) is 0.143. The van der Waals surface area contributed by atoms with E-state index in [4.69, 9.17) is 9.47 Å². The lowest BCUT2D eigenvalue weighted by Gasteiger charge is -2.07. The van der Waals surface area contributed by atoms with Crippen molar-refractivity contribution in [2.45, 2.75) is 12.1 Å². The van der Waals surface area contributed by atoms with Gasteiger partial charge in [0.25, 0.3) is 0 Å². The molecule has 2 aromatic heterocycles. The van der Waals surface area contributed by atoms with Gasteiger partial charge in [0.15, 0.2) is 17.1 Å². The Morgan fingerprint density at radius 2 is 1.97 bits per heavy atom. The molecule has 0 radical (unpaired) electrons. The summed E-state index contributed by atoms with van der Waals surface area (Å²) < 4.78 is 12.5. The quantitative estimate of drug-likeness (QED) is 0.495. The van der Waals surface area contributed by atoms with E-state index in [0.717, 1.165) is 28.3 Å². The number of aryl methyl sites for hydroxylation is 1. The summed E-state index contributed by atoms with van der Waals surface area (Å²) in [6, 6.07) is 17.1. The molecular formula is C21H17N5O3S.